The standard InChI is InChI=1S/C37H37N9O13S3/c1-16-8-26(46-37(39-16)42-29(43-46)35(57)58)61-13-18-12-60-14-22(31(50)45(28(18)34(55)56)23-7-5-3-2-4-6-19(23)32(51)52)40-30(49)27(21-15-62-36(38)41-21)44-59-11-17-9-24(47)25(48)10-20(17)33(53)54/h6,8-10,15,22-23,47-48H,2-5,7,11-14H2,1H3,(H2,38,41)(H,40,49)(H,51,52)(H,53,54)(H,55,56)(H,57,58)/b19-6?,28-18+,44-27-/t22-,23?/m0/s1. The lowest BCUT2D eigenvalue weighted by molar-refractivity contribution is -0.143. The molecule has 0 radical (unpaired) electrons. The molecule has 1 aromatic carbocycles. The number of thioether (sulfide) groups is 2. The molecule has 0 fully saturated rings. The Hall–Kier alpha value is -6.73. The van der Waals surface area contributed by atoms with E-state index in [0.29, 0.717) is 36.4 Å². The number of carbonyl (C=O) groups is 6. The summed E-state index contributed by atoms with van der Waals surface area (Å²) < 4.78 is 1.20. The third kappa shape index (κ3) is 10.1. The number of carboxylic acids is 4. The van der Waals surface area contributed by atoms with Crippen LogP contribution in [0.25, 0.3) is 5.78 Å². The average Bonchev–Trinajstić information content (AvgIpc) is 3.83. The van der Waals surface area contributed by atoms with Gasteiger partial charge in [0, 0.05) is 33.9 Å². The number of rotatable bonds is 14. The molecule has 22 nitrogen and oxygen atoms in total. The zero-order chi connectivity index (χ0) is 44.8. The van der Waals surface area contributed by atoms with Crippen molar-refractivity contribution in [2.75, 3.05) is 23.0 Å². The molecule has 1 unspecified atom stereocenters. The van der Waals surface area contributed by atoms with Crippen molar-refractivity contribution >= 4 is 87.2 Å². The van der Waals surface area contributed by atoms with Crippen LogP contribution < -0.4 is 11.1 Å². The van der Waals surface area contributed by atoms with E-state index < -0.39 is 88.7 Å². The van der Waals surface area contributed by atoms with Crippen LogP contribution >= 0.6 is 34.9 Å². The normalized spacial score (nSPS) is 18.9. The van der Waals surface area contributed by atoms with Gasteiger partial charge in [-0.2, -0.15) is 21.3 Å². The lowest BCUT2D eigenvalue weighted by Gasteiger charge is -2.38. The Bertz CT molecular complexity index is 2570. The van der Waals surface area contributed by atoms with Crippen molar-refractivity contribution in [2.45, 2.75) is 62.7 Å². The van der Waals surface area contributed by atoms with Gasteiger partial charge in [-0.15, -0.1) is 28.2 Å². The Kier molecular flexibility index (Phi) is 14.0. The van der Waals surface area contributed by atoms with Crippen molar-refractivity contribution in [3.63, 3.8) is 0 Å². The second-order valence-electron chi connectivity index (χ2n) is 13.7. The largest absolute Gasteiger partial charge is 0.504 e. The molecule has 4 aromatic rings. The summed E-state index contributed by atoms with van der Waals surface area (Å²) >= 11 is 3.11. The smallest absolute Gasteiger partial charge is 0.375 e. The molecule has 0 saturated carbocycles. The number of nitrogen functional groups attached to an aromatic ring is 1. The van der Waals surface area contributed by atoms with E-state index in [1.807, 2.05) is 0 Å². The average molecular weight is 912 g/mol. The van der Waals surface area contributed by atoms with Crippen molar-refractivity contribution in [3.05, 3.63) is 74.8 Å². The number of hydrogen-bond donors (Lipinski definition) is 8. The van der Waals surface area contributed by atoms with Crippen LogP contribution in [0.15, 0.2) is 56.7 Å². The Morgan fingerprint density at radius 2 is 1.74 bits per heavy atom. The maximum atomic E-state index is 14.9. The van der Waals surface area contributed by atoms with Gasteiger partial charge in [-0.1, -0.05) is 24.1 Å². The minimum absolute atomic E-state index is 0.0103. The van der Waals surface area contributed by atoms with Crippen molar-refractivity contribution in [1.82, 2.24) is 34.8 Å². The minimum atomic E-state index is -1.55. The number of aromatic nitrogens is 5. The highest BCUT2D eigenvalue weighted by atomic mass is 32.2. The van der Waals surface area contributed by atoms with E-state index in [0.717, 1.165) is 51.9 Å². The van der Waals surface area contributed by atoms with Crippen LogP contribution in [0.5, 0.6) is 11.5 Å². The van der Waals surface area contributed by atoms with E-state index >= 15 is 0 Å². The second-order valence-corrected chi connectivity index (χ2v) is 16.6. The van der Waals surface area contributed by atoms with E-state index in [1.54, 1.807) is 13.0 Å². The van der Waals surface area contributed by atoms with Gasteiger partial charge in [0.25, 0.3) is 23.4 Å². The van der Waals surface area contributed by atoms with Gasteiger partial charge in [-0.05, 0) is 50.0 Å². The molecule has 3 aromatic heterocycles. The van der Waals surface area contributed by atoms with Crippen molar-refractivity contribution in [3.8, 4) is 11.5 Å². The quantitative estimate of drug-likeness (QED) is 0.0296. The number of thiazole rings is 1. The van der Waals surface area contributed by atoms with Crippen molar-refractivity contribution in [2.24, 2.45) is 5.16 Å². The van der Waals surface area contributed by atoms with Gasteiger partial charge in [0.1, 0.15) is 29.1 Å². The number of oxime groups is 1. The van der Waals surface area contributed by atoms with E-state index in [9.17, 15) is 59.4 Å². The molecule has 0 bridgehead atoms. The first kappa shape index (κ1) is 44.8. The molecule has 6 rings (SSSR count). The third-order valence-corrected chi connectivity index (χ3v) is 12.3. The number of fused-ring (bicyclic) bond motifs is 1. The summed E-state index contributed by atoms with van der Waals surface area (Å²) in [6.07, 6.45) is 3.66. The summed E-state index contributed by atoms with van der Waals surface area (Å²) in [6.45, 7) is 1.03. The van der Waals surface area contributed by atoms with Crippen LogP contribution in [-0.4, -0.2) is 131 Å². The van der Waals surface area contributed by atoms with E-state index in [4.69, 9.17) is 10.6 Å². The van der Waals surface area contributed by atoms with E-state index in [1.165, 1.54) is 16.0 Å². The van der Waals surface area contributed by atoms with Gasteiger partial charge in [-0.3, -0.25) is 14.5 Å². The number of nitrogens with one attached hydrogen (secondary N) is 1. The highest BCUT2D eigenvalue weighted by Gasteiger charge is 2.42. The Morgan fingerprint density at radius 3 is 2.42 bits per heavy atom. The maximum Gasteiger partial charge on any atom is 0.375 e. The highest BCUT2D eigenvalue weighted by Crippen LogP contribution is 2.34. The van der Waals surface area contributed by atoms with Crippen LogP contribution in [0.4, 0.5) is 5.13 Å². The number of aryl methyl sites for hydroxylation is 1. The van der Waals surface area contributed by atoms with Crippen LogP contribution in [-0.2, 0) is 30.6 Å². The molecular formula is C37H37N9O13S3. The molecule has 2 aliphatic rings. The molecule has 9 N–H and O–H groups in total. The zero-order valence-electron chi connectivity index (χ0n) is 32.4. The fourth-order valence-electron chi connectivity index (χ4n) is 6.61. The van der Waals surface area contributed by atoms with Crippen LogP contribution in [0.1, 0.15) is 70.0 Å². The molecule has 0 spiro atoms. The van der Waals surface area contributed by atoms with Gasteiger partial charge >= 0.3 is 23.9 Å². The molecule has 62 heavy (non-hydrogen) atoms. The number of nitrogens with two attached hydrogens (primary N) is 1. The SMILES string of the molecule is Cc1cc(SC/C2=C(\C(=O)O)N(C3CCCCCC=C3C(=O)O)C(=O)[C@@H](NC(=O)/C(=N\OCc3cc(O)c(O)cc3C(=O)O)c3csc(N)n3)CSC2)n2nc(C(=O)O)nc2n1. The lowest BCUT2D eigenvalue weighted by Crippen LogP contribution is -2.56. The van der Waals surface area contributed by atoms with Crippen LogP contribution in [0.2, 0.25) is 0 Å². The van der Waals surface area contributed by atoms with Crippen LogP contribution in [0.3, 0.4) is 0 Å². The maximum absolute atomic E-state index is 14.9. The predicted octanol–water partition coefficient (Wildman–Crippen LogP) is 2.73. The molecule has 2 atom stereocenters. The number of carboxylic acid groups (broad SMARTS) is 4. The summed E-state index contributed by atoms with van der Waals surface area (Å²) in [7, 11) is 0. The molecule has 326 valence electrons. The number of phenolic OH excluding ortho intramolecular Hbond substituents is 2. The monoisotopic (exact) mass is 911 g/mol. The van der Waals surface area contributed by atoms with E-state index in [-0.39, 0.29) is 57.0 Å². The number of aromatic hydroxyl groups is 2. The van der Waals surface area contributed by atoms with Crippen molar-refractivity contribution < 1.29 is 64.2 Å². The highest BCUT2D eigenvalue weighted by molar-refractivity contribution is 8.00. The van der Waals surface area contributed by atoms with Gasteiger partial charge < -0.3 is 46.5 Å². The molecule has 0 saturated heterocycles. The number of hydrogen-bond acceptors (Lipinski definition) is 18. The lowest BCUT2D eigenvalue weighted by atomic mass is 9.92. The third-order valence-electron chi connectivity index (χ3n) is 9.42. The number of carbonyl (C=O) groups excluding carboxylic acids is 2. The minimum Gasteiger partial charge on any atom is -0.504 e. The molecule has 2 amide bonds. The number of nitrogens with zero attached hydrogens (tertiary/aromatic N) is 7. The predicted molar refractivity (Wildman–Crippen MR) is 221 cm³/mol. The molecule has 1 aliphatic heterocycles. The van der Waals surface area contributed by atoms with Gasteiger partial charge in [-0.25, -0.2) is 29.1 Å². The number of aliphatic carboxylic acids is 2. The first-order valence-electron chi connectivity index (χ1n) is 18.4. The number of phenols is 2. The summed E-state index contributed by atoms with van der Waals surface area (Å²) in [5.74, 6) is -9.88. The fraction of sp³-hybridized carbons (Fsp3) is 0.324. The number of allylic oxidation sites excluding steroid dienone is 1. The summed E-state index contributed by atoms with van der Waals surface area (Å²) in [6, 6.07) is 0.568. The Morgan fingerprint density at radius 1 is 0.984 bits per heavy atom. The number of benzene rings is 1. The summed E-state index contributed by atoms with van der Waals surface area (Å²) in [5, 5.41) is 72.4. The summed E-state index contributed by atoms with van der Waals surface area (Å²) in [5.41, 5.74) is 4.62. The molecular weight excluding hydrogens is 875 g/mol. The Labute approximate surface area is 362 Å². The van der Waals surface area contributed by atoms with Gasteiger partial charge in [0.15, 0.2) is 22.3 Å². The first-order valence-corrected chi connectivity index (χ1v) is 21.5. The molecule has 25 heteroatoms. The zero-order valence-corrected chi connectivity index (χ0v) is 34.8. The second kappa shape index (κ2) is 19.3. The number of aromatic carboxylic acids is 2. The van der Waals surface area contributed by atoms with Crippen LogP contribution in [0, 0.1) is 6.92 Å². The molecule has 1 aliphatic carbocycles. The number of anilines is 1. The van der Waals surface area contributed by atoms with Crippen molar-refractivity contribution in [1.29, 1.82) is 0 Å². The van der Waals surface area contributed by atoms with Gasteiger partial charge in [0.2, 0.25) is 0 Å². The van der Waals surface area contributed by atoms with E-state index in [2.05, 4.69) is 30.5 Å². The first-order chi connectivity index (χ1) is 29.5. The molecule has 4 heterocycles. The van der Waals surface area contributed by atoms with Gasteiger partial charge in [0.05, 0.1) is 17.2 Å². The fourth-order valence-corrected chi connectivity index (χ4v) is 9.41. The summed E-state index contributed by atoms with van der Waals surface area (Å²) in [4.78, 5) is 97.3. The number of amides is 2. The Balaban J connectivity index is 1.38. The topological polar surface area (TPSA) is 343 Å².